The minimum Gasteiger partial charge on any atom is -0.298 e. The van der Waals surface area contributed by atoms with Crippen LogP contribution >= 0.6 is 0 Å². The van der Waals surface area contributed by atoms with Gasteiger partial charge in [0, 0.05) is 24.7 Å². The predicted octanol–water partition coefficient (Wildman–Crippen LogP) is 1.91. The molecule has 0 radical (unpaired) electrons. The fourth-order valence-corrected chi connectivity index (χ4v) is 3.86. The van der Waals surface area contributed by atoms with Crippen molar-refractivity contribution in [3.8, 4) is 0 Å². The van der Waals surface area contributed by atoms with Crippen LogP contribution in [0.3, 0.4) is 0 Å². The average Bonchev–Trinajstić information content (AvgIpc) is 2.54. The van der Waals surface area contributed by atoms with E-state index >= 15 is 0 Å². The Morgan fingerprint density at radius 3 is 2.76 bits per heavy atom. The number of nitrogens with zero attached hydrogens (tertiary/aromatic N) is 2. The maximum absolute atomic E-state index is 11.9. The summed E-state index contributed by atoms with van der Waals surface area (Å²) in [5.74, 6) is 0.155. The first-order valence-corrected chi connectivity index (χ1v) is 8.69. The van der Waals surface area contributed by atoms with Crippen LogP contribution in [-0.2, 0) is 16.4 Å². The molecule has 7 heteroatoms. The van der Waals surface area contributed by atoms with E-state index in [-0.39, 0.29) is 21.6 Å². The maximum atomic E-state index is 11.9. The lowest BCUT2D eigenvalue weighted by molar-refractivity contribution is -0.385. The van der Waals surface area contributed by atoms with Gasteiger partial charge in [0.1, 0.15) is 0 Å². The standard InChI is InChI=1S/C14H20N2O4S/c1-11-3-4-13(9-14(11)16(17)18)10-15-6-5-12(2)21(19,20)8-7-15/h3-4,9,12H,5-8,10H2,1-2H3/t12-/m1/s1. The van der Waals surface area contributed by atoms with E-state index in [4.69, 9.17) is 0 Å². The summed E-state index contributed by atoms with van der Waals surface area (Å²) in [5, 5.41) is 10.7. The summed E-state index contributed by atoms with van der Waals surface area (Å²) in [7, 11) is -3.00. The second-order valence-electron chi connectivity index (χ2n) is 5.62. The van der Waals surface area contributed by atoms with Crippen molar-refractivity contribution in [2.45, 2.75) is 32.1 Å². The molecule has 1 aromatic carbocycles. The zero-order valence-electron chi connectivity index (χ0n) is 12.3. The summed E-state index contributed by atoms with van der Waals surface area (Å²) in [6.45, 7) is 5.18. The Bertz CT molecular complexity index is 642. The molecule has 0 saturated carbocycles. The Labute approximate surface area is 124 Å². The van der Waals surface area contributed by atoms with Crippen molar-refractivity contribution in [3.63, 3.8) is 0 Å². The molecule has 116 valence electrons. The second kappa shape index (κ2) is 6.11. The van der Waals surface area contributed by atoms with Gasteiger partial charge in [-0.3, -0.25) is 15.0 Å². The predicted molar refractivity (Wildman–Crippen MR) is 81.0 cm³/mol. The highest BCUT2D eigenvalue weighted by Crippen LogP contribution is 2.21. The van der Waals surface area contributed by atoms with Crippen molar-refractivity contribution in [3.05, 3.63) is 39.4 Å². The van der Waals surface area contributed by atoms with Crippen LogP contribution in [0.4, 0.5) is 5.69 Å². The highest BCUT2D eigenvalue weighted by molar-refractivity contribution is 7.92. The van der Waals surface area contributed by atoms with Gasteiger partial charge in [0.05, 0.1) is 15.9 Å². The number of nitro benzene ring substituents is 1. The van der Waals surface area contributed by atoms with E-state index in [0.29, 0.717) is 31.6 Å². The fraction of sp³-hybridized carbons (Fsp3) is 0.571. The molecule has 0 unspecified atom stereocenters. The Balaban J connectivity index is 2.12. The molecular formula is C14H20N2O4S. The van der Waals surface area contributed by atoms with E-state index < -0.39 is 9.84 Å². The number of hydrogen-bond acceptors (Lipinski definition) is 5. The highest BCUT2D eigenvalue weighted by atomic mass is 32.2. The molecule has 1 aliphatic heterocycles. The molecule has 0 N–H and O–H groups in total. The summed E-state index contributed by atoms with van der Waals surface area (Å²) >= 11 is 0. The van der Waals surface area contributed by atoms with Gasteiger partial charge in [-0.25, -0.2) is 8.42 Å². The van der Waals surface area contributed by atoms with Crippen molar-refractivity contribution in [2.24, 2.45) is 0 Å². The van der Waals surface area contributed by atoms with Crippen LogP contribution in [0.15, 0.2) is 18.2 Å². The molecule has 2 rings (SSSR count). The zero-order chi connectivity index (χ0) is 15.6. The number of hydrogen-bond donors (Lipinski definition) is 0. The number of sulfone groups is 1. The number of benzene rings is 1. The van der Waals surface area contributed by atoms with Gasteiger partial charge in [0.25, 0.3) is 5.69 Å². The summed E-state index contributed by atoms with van der Waals surface area (Å²) < 4.78 is 23.7. The van der Waals surface area contributed by atoms with Gasteiger partial charge >= 0.3 is 0 Å². The maximum Gasteiger partial charge on any atom is 0.272 e. The van der Waals surface area contributed by atoms with E-state index in [2.05, 4.69) is 4.90 Å². The van der Waals surface area contributed by atoms with Gasteiger partial charge in [-0.05, 0) is 32.4 Å². The number of rotatable bonds is 3. The van der Waals surface area contributed by atoms with E-state index in [1.54, 1.807) is 26.0 Å². The van der Waals surface area contributed by atoms with Gasteiger partial charge in [-0.1, -0.05) is 12.1 Å². The molecule has 0 spiro atoms. The van der Waals surface area contributed by atoms with Crippen LogP contribution in [0.2, 0.25) is 0 Å². The van der Waals surface area contributed by atoms with Gasteiger partial charge in [-0.15, -0.1) is 0 Å². The van der Waals surface area contributed by atoms with Crippen molar-refractivity contribution < 1.29 is 13.3 Å². The molecule has 1 aliphatic rings. The Kier molecular flexibility index (Phi) is 4.63. The van der Waals surface area contributed by atoms with Crippen molar-refractivity contribution in [1.82, 2.24) is 4.90 Å². The summed E-state index contributed by atoms with van der Waals surface area (Å²) in [5.41, 5.74) is 1.60. The van der Waals surface area contributed by atoms with Crippen LogP contribution in [0.25, 0.3) is 0 Å². The van der Waals surface area contributed by atoms with Gasteiger partial charge < -0.3 is 0 Å². The van der Waals surface area contributed by atoms with Crippen LogP contribution in [-0.4, -0.2) is 42.3 Å². The third-order valence-electron chi connectivity index (χ3n) is 4.03. The molecule has 1 atom stereocenters. The molecule has 0 aliphatic carbocycles. The van der Waals surface area contributed by atoms with Gasteiger partial charge in [0.2, 0.25) is 0 Å². The topological polar surface area (TPSA) is 80.5 Å². The molecule has 1 heterocycles. The first kappa shape index (κ1) is 15.9. The van der Waals surface area contributed by atoms with Crippen LogP contribution in [0.1, 0.15) is 24.5 Å². The average molecular weight is 312 g/mol. The molecule has 0 bridgehead atoms. The Morgan fingerprint density at radius 1 is 1.38 bits per heavy atom. The Morgan fingerprint density at radius 2 is 2.10 bits per heavy atom. The lowest BCUT2D eigenvalue weighted by Gasteiger charge is -2.19. The molecular weight excluding hydrogens is 292 g/mol. The zero-order valence-corrected chi connectivity index (χ0v) is 13.1. The smallest absolute Gasteiger partial charge is 0.272 e. The molecule has 0 amide bonds. The van der Waals surface area contributed by atoms with E-state index in [9.17, 15) is 18.5 Å². The molecule has 1 fully saturated rings. The minimum atomic E-state index is -3.00. The van der Waals surface area contributed by atoms with Crippen molar-refractivity contribution in [2.75, 3.05) is 18.8 Å². The lowest BCUT2D eigenvalue weighted by Crippen LogP contribution is -2.26. The summed E-state index contributed by atoms with van der Waals surface area (Å²) in [6.07, 6.45) is 0.607. The van der Waals surface area contributed by atoms with Crippen molar-refractivity contribution >= 4 is 15.5 Å². The first-order valence-electron chi connectivity index (χ1n) is 6.97. The largest absolute Gasteiger partial charge is 0.298 e. The third kappa shape index (κ3) is 3.79. The minimum absolute atomic E-state index is 0.114. The molecule has 6 nitrogen and oxygen atoms in total. The molecule has 1 saturated heterocycles. The SMILES string of the molecule is Cc1ccc(CN2CC[C@@H](C)S(=O)(=O)CC2)cc1[N+](=O)[O-]. The molecule has 21 heavy (non-hydrogen) atoms. The van der Waals surface area contributed by atoms with Crippen LogP contribution < -0.4 is 0 Å². The van der Waals surface area contributed by atoms with E-state index in [1.165, 1.54) is 0 Å². The normalized spacial score (nSPS) is 22.7. The fourth-order valence-electron chi connectivity index (χ4n) is 2.48. The van der Waals surface area contributed by atoms with Gasteiger partial charge in [0.15, 0.2) is 9.84 Å². The van der Waals surface area contributed by atoms with E-state index in [0.717, 1.165) is 5.56 Å². The lowest BCUT2D eigenvalue weighted by atomic mass is 10.1. The quantitative estimate of drug-likeness (QED) is 0.629. The molecule has 0 aromatic heterocycles. The summed E-state index contributed by atoms with van der Waals surface area (Å²) in [6, 6.07) is 5.19. The summed E-state index contributed by atoms with van der Waals surface area (Å²) in [4.78, 5) is 12.6. The first-order chi connectivity index (χ1) is 9.79. The number of nitro groups is 1. The Hall–Kier alpha value is -1.47. The third-order valence-corrected chi connectivity index (χ3v) is 6.25. The van der Waals surface area contributed by atoms with Crippen LogP contribution in [0.5, 0.6) is 0 Å². The monoisotopic (exact) mass is 312 g/mol. The molecule has 1 aromatic rings. The van der Waals surface area contributed by atoms with Crippen molar-refractivity contribution in [1.29, 1.82) is 0 Å². The second-order valence-corrected chi connectivity index (χ2v) is 8.16. The number of aryl methyl sites for hydroxylation is 1. The highest BCUT2D eigenvalue weighted by Gasteiger charge is 2.26. The van der Waals surface area contributed by atoms with E-state index in [1.807, 2.05) is 6.07 Å². The van der Waals surface area contributed by atoms with Crippen LogP contribution in [0, 0.1) is 17.0 Å². The van der Waals surface area contributed by atoms with Gasteiger partial charge in [-0.2, -0.15) is 0 Å².